The fourth-order valence-electron chi connectivity index (χ4n) is 4.32. The Balaban J connectivity index is 1.49. The molecule has 1 aromatic carbocycles. The van der Waals surface area contributed by atoms with Crippen LogP contribution in [-0.2, 0) is 0 Å². The highest BCUT2D eigenvalue weighted by Gasteiger charge is 2.33. The zero-order valence-corrected chi connectivity index (χ0v) is 15.3. The second kappa shape index (κ2) is 6.42. The summed E-state index contributed by atoms with van der Waals surface area (Å²) in [5.74, 6) is -0.0185. The molecular formula is C20H22N6O. The number of aromatic nitrogens is 4. The van der Waals surface area contributed by atoms with Crippen LogP contribution in [0.25, 0.3) is 16.5 Å². The molecule has 3 aromatic rings. The normalized spacial score (nSPS) is 22.2. The van der Waals surface area contributed by atoms with Gasteiger partial charge in [-0.3, -0.25) is 9.78 Å². The number of nitrogens with one attached hydrogen (secondary N) is 1. The van der Waals surface area contributed by atoms with Crippen LogP contribution in [0.3, 0.4) is 0 Å². The van der Waals surface area contributed by atoms with Gasteiger partial charge in [-0.2, -0.15) is 0 Å². The molecule has 1 N–H and O–H groups in total. The number of carbonyl (C=O) groups excluding carboxylic acids is 1. The van der Waals surface area contributed by atoms with Gasteiger partial charge in [0, 0.05) is 48.3 Å². The fraction of sp³-hybridized carbons (Fsp3) is 0.400. The van der Waals surface area contributed by atoms with Gasteiger partial charge in [0.2, 0.25) is 0 Å². The Morgan fingerprint density at radius 2 is 2.07 bits per heavy atom. The number of fused-ring (bicyclic) bond motifs is 3. The van der Waals surface area contributed by atoms with E-state index in [1.54, 1.807) is 10.9 Å². The topological polar surface area (TPSA) is 75.9 Å². The number of likely N-dealkylation sites (tertiary alicyclic amines) is 1. The number of carbonyl (C=O) groups is 1. The maximum absolute atomic E-state index is 13.1. The van der Waals surface area contributed by atoms with Gasteiger partial charge in [0.15, 0.2) is 5.69 Å². The molecule has 2 fully saturated rings. The van der Waals surface area contributed by atoms with Crippen molar-refractivity contribution in [3.05, 3.63) is 48.0 Å². The molecule has 7 heteroatoms. The van der Waals surface area contributed by atoms with Gasteiger partial charge in [-0.25, -0.2) is 4.68 Å². The standard InChI is InChI=1S/C20H22N6O/c1-13-19(20(27)25-10-8-15-5-6-16(12-25)22-15)23-24-26(13)18-4-2-3-14-11-21-9-7-17(14)18/h2-4,7,9,11,15-16,22H,5-6,8,10,12H2,1H3. The van der Waals surface area contributed by atoms with Crippen LogP contribution >= 0.6 is 0 Å². The molecular weight excluding hydrogens is 340 g/mol. The minimum atomic E-state index is -0.0185. The quantitative estimate of drug-likeness (QED) is 0.755. The molecule has 0 aliphatic carbocycles. The molecule has 27 heavy (non-hydrogen) atoms. The zero-order chi connectivity index (χ0) is 18.4. The third kappa shape index (κ3) is 2.78. The van der Waals surface area contributed by atoms with Crippen LogP contribution < -0.4 is 5.32 Å². The van der Waals surface area contributed by atoms with Gasteiger partial charge >= 0.3 is 0 Å². The summed E-state index contributed by atoms with van der Waals surface area (Å²) >= 11 is 0. The minimum absolute atomic E-state index is 0.0185. The molecule has 2 saturated heterocycles. The second-order valence-corrected chi connectivity index (χ2v) is 7.49. The van der Waals surface area contributed by atoms with Crippen molar-refractivity contribution in [3.8, 4) is 5.69 Å². The maximum atomic E-state index is 13.1. The van der Waals surface area contributed by atoms with E-state index in [4.69, 9.17) is 0 Å². The molecule has 0 radical (unpaired) electrons. The molecule has 0 saturated carbocycles. The van der Waals surface area contributed by atoms with Crippen LogP contribution in [0.2, 0.25) is 0 Å². The van der Waals surface area contributed by atoms with E-state index >= 15 is 0 Å². The number of hydrogen-bond acceptors (Lipinski definition) is 5. The third-order valence-electron chi connectivity index (χ3n) is 5.79. The maximum Gasteiger partial charge on any atom is 0.276 e. The Bertz CT molecular complexity index is 1010. The SMILES string of the molecule is Cc1c(C(=O)N2CCC3CCC(C2)N3)nnn1-c1cccc2cnccc12. The van der Waals surface area contributed by atoms with Crippen LogP contribution in [0.5, 0.6) is 0 Å². The largest absolute Gasteiger partial charge is 0.336 e. The van der Waals surface area contributed by atoms with Gasteiger partial charge in [-0.15, -0.1) is 5.10 Å². The average molecular weight is 362 g/mol. The number of hydrogen-bond donors (Lipinski definition) is 1. The van der Waals surface area contributed by atoms with E-state index in [2.05, 4.69) is 20.6 Å². The second-order valence-electron chi connectivity index (χ2n) is 7.49. The monoisotopic (exact) mass is 362 g/mol. The van der Waals surface area contributed by atoms with Crippen molar-refractivity contribution in [1.82, 2.24) is 30.2 Å². The van der Waals surface area contributed by atoms with Gasteiger partial charge in [0.1, 0.15) is 0 Å². The van der Waals surface area contributed by atoms with Crippen molar-refractivity contribution in [2.24, 2.45) is 0 Å². The summed E-state index contributed by atoms with van der Waals surface area (Å²) in [5, 5.41) is 14.2. The first kappa shape index (κ1) is 16.4. The Hall–Kier alpha value is -2.80. The van der Waals surface area contributed by atoms with Crippen LogP contribution in [0.15, 0.2) is 36.7 Å². The first-order valence-corrected chi connectivity index (χ1v) is 9.51. The van der Waals surface area contributed by atoms with Crippen LogP contribution in [-0.4, -0.2) is 56.0 Å². The molecule has 2 bridgehead atoms. The Morgan fingerprint density at radius 3 is 3.00 bits per heavy atom. The molecule has 2 aliphatic heterocycles. The summed E-state index contributed by atoms with van der Waals surface area (Å²) < 4.78 is 1.76. The molecule has 4 heterocycles. The lowest BCUT2D eigenvalue weighted by molar-refractivity contribution is 0.0741. The van der Waals surface area contributed by atoms with Gasteiger partial charge in [-0.1, -0.05) is 17.3 Å². The minimum Gasteiger partial charge on any atom is -0.336 e. The highest BCUT2D eigenvalue weighted by molar-refractivity contribution is 5.94. The summed E-state index contributed by atoms with van der Waals surface area (Å²) in [6.45, 7) is 3.44. The van der Waals surface area contributed by atoms with E-state index < -0.39 is 0 Å². The van der Waals surface area contributed by atoms with Gasteiger partial charge in [-0.05, 0) is 38.3 Å². The van der Waals surface area contributed by atoms with Gasteiger partial charge in [0.05, 0.1) is 11.4 Å². The highest BCUT2D eigenvalue weighted by atomic mass is 16.2. The van der Waals surface area contributed by atoms with Crippen LogP contribution in [0, 0.1) is 6.92 Å². The molecule has 2 aliphatic rings. The average Bonchev–Trinajstić information content (AvgIpc) is 3.22. The number of rotatable bonds is 2. The number of benzene rings is 1. The first-order valence-electron chi connectivity index (χ1n) is 9.51. The first-order chi connectivity index (χ1) is 13.2. The molecule has 5 rings (SSSR count). The van der Waals surface area contributed by atoms with Crippen molar-refractivity contribution >= 4 is 16.7 Å². The van der Waals surface area contributed by atoms with E-state index in [9.17, 15) is 4.79 Å². The smallest absolute Gasteiger partial charge is 0.276 e. The van der Waals surface area contributed by atoms with E-state index in [-0.39, 0.29) is 5.91 Å². The van der Waals surface area contributed by atoms with Crippen LogP contribution in [0.4, 0.5) is 0 Å². The molecule has 7 nitrogen and oxygen atoms in total. The number of amides is 1. The molecule has 2 unspecified atom stereocenters. The van der Waals surface area contributed by atoms with Crippen LogP contribution in [0.1, 0.15) is 35.4 Å². The predicted octanol–water partition coefficient (Wildman–Crippen LogP) is 2.09. The molecule has 2 aromatic heterocycles. The van der Waals surface area contributed by atoms with Crippen molar-refractivity contribution in [1.29, 1.82) is 0 Å². The molecule has 138 valence electrons. The van der Waals surface area contributed by atoms with Crippen molar-refractivity contribution in [3.63, 3.8) is 0 Å². The van der Waals surface area contributed by atoms with E-state index in [1.807, 2.05) is 42.3 Å². The summed E-state index contributed by atoms with van der Waals surface area (Å²) in [6.07, 6.45) is 6.97. The molecule has 2 atom stereocenters. The summed E-state index contributed by atoms with van der Waals surface area (Å²) in [7, 11) is 0. The van der Waals surface area contributed by atoms with Gasteiger partial charge in [0.25, 0.3) is 5.91 Å². The third-order valence-corrected chi connectivity index (χ3v) is 5.79. The Morgan fingerprint density at radius 1 is 1.19 bits per heavy atom. The van der Waals surface area contributed by atoms with Crippen molar-refractivity contribution < 1.29 is 4.79 Å². The Kier molecular flexibility index (Phi) is 3.89. The fourth-order valence-corrected chi connectivity index (χ4v) is 4.32. The lowest BCUT2D eigenvalue weighted by Crippen LogP contribution is -2.39. The van der Waals surface area contributed by atoms with E-state index in [0.29, 0.717) is 17.8 Å². The number of nitrogens with zero attached hydrogens (tertiary/aromatic N) is 5. The van der Waals surface area contributed by atoms with Gasteiger partial charge < -0.3 is 10.2 Å². The van der Waals surface area contributed by atoms with Crippen molar-refractivity contribution in [2.75, 3.05) is 13.1 Å². The van der Waals surface area contributed by atoms with E-state index in [1.165, 1.54) is 6.42 Å². The molecule has 1 amide bonds. The lowest BCUT2D eigenvalue weighted by atomic mass is 10.1. The van der Waals surface area contributed by atoms with E-state index in [0.717, 1.165) is 48.1 Å². The zero-order valence-electron chi connectivity index (χ0n) is 15.3. The van der Waals surface area contributed by atoms with Crippen molar-refractivity contribution in [2.45, 2.75) is 38.3 Å². The number of pyridine rings is 1. The summed E-state index contributed by atoms with van der Waals surface area (Å²) in [6, 6.07) is 8.90. The lowest BCUT2D eigenvalue weighted by Gasteiger charge is -2.23. The summed E-state index contributed by atoms with van der Waals surface area (Å²) in [4.78, 5) is 19.2. The molecule has 0 spiro atoms. The summed E-state index contributed by atoms with van der Waals surface area (Å²) in [5.41, 5.74) is 2.13. The Labute approximate surface area is 157 Å². The predicted molar refractivity (Wildman–Crippen MR) is 102 cm³/mol. The highest BCUT2D eigenvalue weighted by Crippen LogP contribution is 2.24.